The highest BCUT2D eigenvalue weighted by Gasteiger charge is 2.60. The van der Waals surface area contributed by atoms with Gasteiger partial charge in [-0.1, -0.05) is 6.92 Å². The van der Waals surface area contributed by atoms with Crippen molar-refractivity contribution >= 4 is 12.4 Å². The van der Waals surface area contributed by atoms with Crippen molar-refractivity contribution in [2.75, 3.05) is 26.9 Å². The summed E-state index contributed by atoms with van der Waals surface area (Å²) in [6.07, 6.45) is -22.7. The molecule has 0 aliphatic carbocycles. The van der Waals surface area contributed by atoms with E-state index in [9.17, 15) is 61.0 Å². The molecule has 11 N–H and O–H groups in total. The van der Waals surface area contributed by atoms with Gasteiger partial charge in [0.15, 0.2) is 19.0 Å². The molecule has 19 nitrogen and oxygen atoms in total. The van der Waals surface area contributed by atoms with Crippen molar-refractivity contribution < 1.29 is 89.4 Å². The van der Waals surface area contributed by atoms with E-state index in [0.717, 1.165) is 6.40 Å². The second-order valence-electron chi connectivity index (χ2n) is 10.6. The Hall–Kier alpha value is -1.66. The summed E-state index contributed by atoms with van der Waals surface area (Å²) < 4.78 is 32.2. The van der Waals surface area contributed by atoms with Crippen LogP contribution in [-0.4, -0.2) is 187 Å². The summed E-state index contributed by atoms with van der Waals surface area (Å²) >= 11 is 0. The first-order chi connectivity index (χ1) is 20.3. The van der Waals surface area contributed by atoms with Gasteiger partial charge in [0.2, 0.25) is 0 Å². The first-order valence-corrected chi connectivity index (χ1v) is 13.5. The zero-order valence-corrected chi connectivity index (χ0v) is 23.3. The fraction of sp³-hybridized carbons (Fsp3) is 0.917. The molecule has 16 unspecified atom stereocenters. The number of aliphatic hydroxyl groups is 10. The Balaban J connectivity index is 1.94. The summed E-state index contributed by atoms with van der Waals surface area (Å²) in [5.41, 5.74) is 0. The zero-order valence-electron chi connectivity index (χ0n) is 23.3. The molecule has 3 aliphatic rings. The van der Waals surface area contributed by atoms with Crippen LogP contribution in [0.1, 0.15) is 13.3 Å². The van der Waals surface area contributed by atoms with Crippen LogP contribution in [0.4, 0.5) is 0 Å². The third-order valence-electron chi connectivity index (χ3n) is 7.74. The van der Waals surface area contributed by atoms with Crippen molar-refractivity contribution in [3.8, 4) is 0 Å². The maximum Gasteiger partial charge on any atom is 0.364 e. The van der Waals surface area contributed by atoms with E-state index in [-0.39, 0.29) is 0 Å². The third kappa shape index (κ3) is 7.43. The second kappa shape index (κ2) is 15.1. The van der Waals surface area contributed by atoms with Gasteiger partial charge in [0.25, 0.3) is 5.79 Å². The normalized spacial score (nSPS) is 45.5. The lowest BCUT2D eigenvalue weighted by molar-refractivity contribution is -0.382. The van der Waals surface area contributed by atoms with Gasteiger partial charge in [0.1, 0.15) is 61.0 Å². The summed E-state index contributed by atoms with van der Waals surface area (Å²) in [4.78, 5) is 16.5. The molecule has 0 bridgehead atoms. The highest BCUT2D eigenvalue weighted by molar-refractivity contribution is 5.76. The predicted molar refractivity (Wildman–Crippen MR) is 135 cm³/mol. The molecule has 3 aliphatic heterocycles. The first kappa shape index (κ1) is 35.8. The van der Waals surface area contributed by atoms with E-state index in [0.29, 0.717) is 0 Å². The van der Waals surface area contributed by atoms with Gasteiger partial charge < -0.3 is 84.6 Å². The molecule has 3 heterocycles. The van der Waals surface area contributed by atoms with E-state index in [1.807, 2.05) is 0 Å². The van der Waals surface area contributed by atoms with Crippen molar-refractivity contribution in [1.82, 2.24) is 0 Å². The number of aliphatic hydroxyl groups excluding tert-OH is 10. The van der Waals surface area contributed by atoms with Gasteiger partial charge in [0, 0.05) is 12.3 Å². The minimum Gasteiger partial charge on any atom is -0.487 e. The Bertz CT molecular complexity index is 927. The van der Waals surface area contributed by atoms with Gasteiger partial charge in [0.05, 0.1) is 39.1 Å². The molecule has 0 radical (unpaired) electrons. The summed E-state index contributed by atoms with van der Waals surface area (Å²) in [7, 11) is 1.21. The van der Waals surface area contributed by atoms with Crippen LogP contribution >= 0.6 is 0 Å². The summed E-state index contributed by atoms with van der Waals surface area (Å²) in [5.74, 6) is -5.77. The van der Waals surface area contributed by atoms with Gasteiger partial charge in [-0.25, -0.2) is 9.79 Å². The number of carboxylic acids is 1. The fourth-order valence-corrected chi connectivity index (χ4v) is 5.19. The number of hydrogen-bond acceptors (Lipinski definition) is 18. The fourth-order valence-electron chi connectivity index (χ4n) is 5.19. The molecule has 0 amide bonds. The number of rotatable bonds is 12. The summed E-state index contributed by atoms with van der Waals surface area (Å²) in [6, 6.07) is -1.45. The number of aliphatic imine (C=N–C) groups is 1. The Labute approximate surface area is 245 Å². The summed E-state index contributed by atoms with van der Waals surface area (Å²) in [5, 5.41) is 113. The van der Waals surface area contributed by atoms with Gasteiger partial charge in [-0.3, -0.25) is 0 Å². The average molecular weight is 632 g/mol. The van der Waals surface area contributed by atoms with E-state index >= 15 is 0 Å². The van der Waals surface area contributed by atoms with Crippen LogP contribution in [0, 0.1) is 5.92 Å². The molecular formula is C24H41NO18. The molecule has 0 aromatic heterocycles. The molecule has 3 rings (SSSR count). The monoisotopic (exact) mass is 631 g/mol. The number of carbonyl (C=O) groups is 1. The van der Waals surface area contributed by atoms with Crippen molar-refractivity contribution in [3.05, 3.63) is 0 Å². The van der Waals surface area contributed by atoms with Gasteiger partial charge >= 0.3 is 5.97 Å². The Morgan fingerprint density at radius 1 is 1.00 bits per heavy atom. The quantitative estimate of drug-likeness (QED) is 0.0704. The topological polar surface area (TPSA) is 307 Å². The lowest BCUT2D eigenvalue weighted by Gasteiger charge is -2.50. The van der Waals surface area contributed by atoms with Crippen molar-refractivity contribution in [2.24, 2.45) is 10.9 Å². The molecule has 3 fully saturated rings. The lowest BCUT2D eigenvalue weighted by atomic mass is 9.88. The van der Waals surface area contributed by atoms with Gasteiger partial charge in [-0.2, -0.15) is 0 Å². The molecule has 3 saturated heterocycles. The largest absolute Gasteiger partial charge is 0.487 e. The lowest BCUT2D eigenvalue weighted by Crippen LogP contribution is -2.68. The maximum absolute atomic E-state index is 12.6. The SMILES string of the molecule is COC=NC1C(O)CC(OC2C(O)C(CO)OC(OC3C(CO)OC(O)C(C)C3O)C2O)(C(=O)O)OC1C(O)C(O)CO. The molecule has 0 aromatic rings. The van der Waals surface area contributed by atoms with Crippen LogP contribution in [0.2, 0.25) is 0 Å². The van der Waals surface area contributed by atoms with Crippen LogP contribution in [0.5, 0.6) is 0 Å². The summed E-state index contributed by atoms with van der Waals surface area (Å²) in [6.45, 7) is -1.23. The Morgan fingerprint density at radius 3 is 2.21 bits per heavy atom. The Kier molecular flexibility index (Phi) is 12.6. The number of methoxy groups -OCH3 is 1. The van der Waals surface area contributed by atoms with Crippen LogP contribution < -0.4 is 0 Å². The highest BCUT2D eigenvalue weighted by atomic mass is 16.8. The number of ether oxygens (including phenoxy) is 6. The van der Waals surface area contributed by atoms with E-state index in [2.05, 4.69) is 4.99 Å². The number of carboxylic acid groups (broad SMARTS) is 1. The number of aliphatic carboxylic acids is 1. The van der Waals surface area contributed by atoms with Crippen LogP contribution in [-0.2, 0) is 33.2 Å². The number of hydrogen-bond donors (Lipinski definition) is 11. The molecule has 16 atom stereocenters. The highest BCUT2D eigenvalue weighted by Crippen LogP contribution is 2.39. The van der Waals surface area contributed by atoms with E-state index in [4.69, 9.17) is 28.4 Å². The molecular weight excluding hydrogens is 590 g/mol. The zero-order chi connectivity index (χ0) is 32.2. The minimum atomic E-state index is -2.94. The average Bonchev–Trinajstić information content (AvgIpc) is 2.98. The van der Waals surface area contributed by atoms with E-state index in [1.165, 1.54) is 14.0 Å². The van der Waals surface area contributed by atoms with Gasteiger partial charge in [-0.15, -0.1) is 0 Å². The molecule has 250 valence electrons. The molecule has 43 heavy (non-hydrogen) atoms. The molecule has 19 heteroatoms. The van der Waals surface area contributed by atoms with E-state index < -0.39 is 130 Å². The third-order valence-corrected chi connectivity index (χ3v) is 7.74. The minimum absolute atomic E-state index is 0.746. The molecule has 0 aromatic carbocycles. The van der Waals surface area contributed by atoms with Crippen molar-refractivity contribution in [2.45, 2.75) is 105 Å². The van der Waals surface area contributed by atoms with Crippen molar-refractivity contribution in [3.63, 3.8) is 0 Å². The molecule has 0 saturated carbocycles. The van der Waals surface area contributed by atoms with E-state index in [1.54, 1.807) is 0 Å². The molecule has 0 spiro atoms. The van der Waals surface area contributed by atoms with Gasteiger partial charge in [-0.05, 0) is 0 Å². The van der Waals surface area contributed by atoms with Crippen LogP contribution in [0.25, 0.3) is 0 Å². The Morgan fingerprint density at radius 2 is 1.65 bits per heavy atom. The predicted octanol–water partition coefficient (Wildman–Crippen LogP) is -6.41. The van der Waals surface area contributed by atoms with Crippen molar-refractivity contribution in [1.29, 1.82) is 0 Å². The standard InChI is InChI=1S/C24H41NO18/c1-8-14(31)18(12(6-28)39-21(8)35)41-22-17(34)20(16(33)11(5-27)40-22)43-24(23(36)37)3-9(29)13(25-7-38-2)19(42-24)15(32)10(30)4-26/h7-22,26-35H,3-6H2,1-2H3,(H,36,37). The first-order valence-electron chi connectivity index (χ1n) is 13.5. The van der Waals surface area contributed by atoms with Crippen LogP contribution in [0.3, 0.4) is 0 Å². The second-order valence-corrected chi connectivity index (χ2v) is 10.6. The van der Waals surface area contributed by atoms with Crippen LogP contribution in [0.15, 0.2) is 4.99 Å². The smallest absolute Gasteiger partial charge is 0.364 e. The maximum atomic E-state index is 12.6. The number of nitrogens with zero attached hydrogens (tertiary/aromatic N) is 1.